The molecule has 0 fully saturated rings. The Bertz CT molecular complexity index is 559. The molecule has 0 atom stereocenters. The highest BCUT2D eigenvalue weighted by Gasteiger charge is 2.04. The normalized spacial score (nSPS) is 10.6. The number of rotatable bonds is 5. The van der Waals surface area contributed by atoms with Gasteiger partial charge in [-0.3, -0.25) is 0 Å². The van der Waals surface area contributed by atoms with Crippen molar-refractivity contribution in [3.63, 3.8) is 0 Å². The summed E-state index contributed by atoms with van der Waals surface area (Å²) >= 11 is 0. The molecule has 2 aromatic rings. The fraction of sp³-hybridized carbons (Fsp3) is 0.312. The molecular weight excluding hydrogens is 255 g/mol. The van der Waals surface area contributed by atoms with E-state index in [9.17, 15) is 4.39 Å². The minimum atomic E-state index is -0.117. The van der Waals surface area contributed by atoms with Crippen LogP contribution < -0.4 is 10.1 Å². The predicted octanol–water partition coefficient (Wildman–Crippen LogP) is 3.14. The Morgan fingerprint density at radius 1 is 1.10 bits per heavy atom. The lowest BCUT2D eigenvalue weighted by molar-refractivity contribution is 0.397. The third-order valence-corrected chi connectivity index (χ3v) is 3.16. The Morgan fingerprint density at radius 2 is 1.75 bits per heavy atom. The first-order valence-electron chi connectivity index (χ1n) is 6.55. The van der Waals surface area contributed by atoms with Crippen LogP contribution in [0.1, 0.15) is 22.3 Å². The van der Waals surface area contributed by atoms with Crippen molar-refractivity contribution >= 4 is 0 Å². The van der Waals surface area contributed by atoms with Crippen LogP contribution in [-0.4, -0.2) is 12.1 Å². The van der Waals surface area contributed by atoms with E-state index in [1.165, 1.54) is 0 Å². The van der Waals surface area contributed by atoms with Crippen LogP contribution in [-0.2, 0) is 13.1 Å². The van der Waals surface area contributed by atoms with Gasteiger partial charge >= 0.3 is 0 Å². The van der Waals surface area contributed by atoms with Gasteiger partial charge in [0.25, 0.3) is 0 Å². The highest BCUT2D eigenvalue weighted by molar-refractivity contribution is 5.30. The number of aryl methyl sites for hydroxylation is 2. The van der Waals surface area contributed by atoms with Crippen molar-refractivity contribution in [2.75, 3.05) is 7.11 Å². The largest absolute Gasteiger partial charge is 0.481 e. The second kappa shape index (κ2) is 6.48. The van der Waals surface area contributed by atoms with Crippen LogP contribution in [0.2, 0.25) is 0 Å². The summed E-state index contributed by atoms with van der Waals surface area (Å²) in [6, 6.07) is 7.56. The summed E-state index contributed by atoms with van der Waals surface area (Å²) in [5.74, 6) is 0.492. The van der Waals surface area contributed by atoms with Crippen LogP contribution in [0.15, 0.2) is 30.5 Å². The van der Waals surface area contributed by atoms with Crippen LogP contribution in [0.25, 0.3) is 0 Å². The maximum absolute atomic E-state index is 13.5. The van der Waals surface area contributed by atoms with E-state index in [0.717, 1.165) is 11.1 Å². The summed E-state index contributed by atoms with van der Waals surface area (Å²) in [7, 11) is 1.60. The molecule has 0 spiro atoms. The first-order valence-corrected chi connectivity index (χ1v) is 6.55. The smallest absolute Gasteiger partial charge is 0.212 e. The fourth-order valence-corrected chi connectivity index (χ4v) is 2.13. The minimum Gasteiger partial charge on any atom is -0.481 e. The first kappa shape index (κ1) is 14.5. The van der Waals surface area contributed by atoms with Crippen LogP contribution in [0.4, 0.5) is 4.39 Å². The molecule has 0 saturated heterocycles. The summed E-state index contributed by atoms with van der Waals surface area (Å²) in [6.07, 6.45) is 1.78. The Balaban J connectivity index is 1.92. The molecule has 0 aliphatic heterocycles. The third-order valence-electron chi connectivity index (χ3n) is 3.16. The molecule has 1 heterocycles. The van der Waals surface area contributed by atoms with Crippen molar-refractivity contribution in [1.29, 1.82) is 0 Å². The summed E-state index contributed by atoms with van der Waals surface area (Å²) in [6.45, 7) is 5.00. The topological polar surface area (TPSA) is 34.1 Å². The van der Waals surface area contributed by atoms with Crippen molar-refractivity contribution in [2.24, 2.45) is 0 Å². The predicted molar refractivity (Wildman–Crippen MR) is 77.2 cm³/mol. The summed E-state index contributed by atoms with van der Waals surface area (Å²) in [5, 5.41) is 3.33. The number of hydrogen-bond acceptors (Lipinski definition) is 3. The highest BCUT2D eigenvalue weighted by Crippen LogP contribution is 2.14. The zero-order valence-electron chi connectivity index (χ0n) is 12.0. The second-order valence-corrected chi connectivity index (χ2v) is 4.86. The van der Waals surface area contributed by atoms with Gasteiger partial charge in [0.15, 0.2) is 0 Å². The number of halogens is 1. The molecule has 0 radical (unpaired) electrons. The molecule has 4 heteroatoms. The summed E-state index contributed by atoms with van der Waals surface area (Å²) in [4.78, 5) is 4.15. The molecule has 0 amide bonds. The van der Waals surface area contributed by atoms with Crippen LogP contribution >= 0.6 is 0 Å². The van der Waals surface area contributed by atoms with E-state index in [1.807, 2.05) is 24.3 Å². The number of nitrogens with one attached hydrogen (secondary N) is 1. The van der Waals surface area contributed by atoms with Gasteiger partial charge in [0.2, 0.25) is 5.88 Å². The molecule has 1 N–H and O–H groups in total. The van der Waals surface area contributed by atoms with Crippen molar-refractivity contribution in [1.82, 2.24) is 10.3 Å². The van der Waals surface area contributed by atoms with E-state index in [1.54, 1.807) is 27.2 Å². The number of hydrogen-bond donors (Lipinski definition) is 1. The van der Waals surface area contributed by atoms with Crippen LogP contribution in [0.3, 0.4) is 0 Å². The van der Waals surface area contributed by atoms with Gasteiger partial charge in [-0.2, -0.15) is 0 Å². The van der Waals surface area contributed by atoms with E-state index in [4.69, 9.17) is 4.74 Å². The molecule has 1 aromatic carbocycles. The highest BCUT2D eigenvalue weighted by atomic mass is 19.1. The quantitative estimate of drug-likeness (QED) is 0.909. The average molecular weight is 274 g/mol. The Morgan fingerprint density at radius 3 is 2.30 bits per heavy atom. The van der Waals surface area contributed by atoms with Gasteiger partial charge in [-0.1, -0.05) is 18.2 Å². The Kier molecular flexibility index (Phi) is 4.69. The fourth-order valence-electron chi connectivity index (χ4n) is 2.13. The Hall–Kier alpha value is -1.94. The van der Waals surface area contributed by atoms with Crippen LogP contribution in [0.5, 0.6) is 5.88 Å². The number of methoxy groups -OCH3 is 1. The molecular formula is C16H19FN2O. The van der Waals surface area contributed by atoms with E-state index in [0.29, 0.717) is 30.1 Å². The lowest BCUT2D eigenvalue weighted by atomic mass is 10.1. The standard InChI is InChI=1S/C16H19FN2O/c1-11-6-14(7-12(2)16(11)17)9-18-8-13-4-5-15(20-3)19-10-13/h4-7,10,18H,8-9H2,1-3H3. The van der Waals surface area contributed by atoms with E-state index in [-0.39, 0.29) is 5.82 Å². The van der Waals surface area contributed by atoms with E-state index in [2.05, 4.69) is 10.3 Å². The minimum absolute atomic E-state index is 0.117. The number of benzene rings is 1. The maximum Gasteiger partial charge on any atom is 0.212 e. The van der Waals surface area contributed by atoms with Gasteiger partial charge in [-0.25, -0.2) is 9.37 Å². The van der Waals surface area contributed by atoms with Crippen molar-refractivity contribution in [3.8, 4) is 5.88 Å². The molecule has 1 aromatic heterocycles. The second-order valence-electron chi connectivity index (χ2n) is 4.86. The van der Waals surface area contributed by atoms with Gasteiger partial charge in [-0.15, -0.1) is 0 Å². The maximum atomic E-state index is 13.5. The first-order chi connectivity index (χ1) is 9.60. The third kappa shape index (κ3) is 3.54. The molecule has 20 heavy (non-hydrogen) atoms. The SMILES string of the molecule is COc1ccc(CNCc2cc(C)c(F)c(C)c2)cn1. The Labute approximate surface area is 118 Å². The lowest BCUT2D eigenvalue weighted by Gasteiger charge is -2.08. The van der Waals surface area contributed by atoms with Crippen molar-refractivity contribution in [3.05, 3.63) is 58.5 Å². The molecule has 106 valence electrons. The van der Waals surface area contributed by atoms with Gasteiger partial charge in [0.05, 0.1) is 7.11 Å². The molecule has 0 saturated carbocycles. The molecule has 0 aliphatic rings. The molecule has 0 bridgehead atoms. The van der Waals surface area contributed by atoms with Gasteiger partial charge in [0, 0.05) is 25.4 Å². The average Bonchev–Trinajstić information content (AvgIpc) is 2.45. The van der Waals surface area contributed by atoms with E-state index >= 15 is 0 Å². The monoisotopic (exact) mass is 274 g/mol. The van der Waals surface area contributed by atoms with Gasteiger partial charge in [-0.05, 0) is 36.1 Å². The molecule has 0 unspecified atom stereocenters. The zero-order chi connectivity index (χ0) is 14.5. The summed E-state index contributed by atoms with van der Waals surface area (Å²) < 4.78 is 18.5. The zero-order valence-corrected chi connectivity index (χ0v) is 12.0. The van der Waals surface area contributed by atoms with E-state index < -0.39 is 0 Å². The lowest BCUT2D eigenvalue weighted by Crippen LogP contribution is -2.13. The number of nitrogens with zero attached hydrogens (tertiary/aromatic N) is 1. The number of ether oxygens (including phenoxy) is 1. The van der Waals surface area contributed by atoms with Gasteiger partial charge in [0.1, 0.15) is 5.82 Å². The molecule has 0 aliphatic carbocycles. The molecule has 2 rings (SSSR count). The number of aromatic nitrogens is 1. The number of pyridine rings is 1. The van der Waals surface area contributed by atoms with Crippen molar-refractivity contribution in [2.45, 2.75) is 26.9 Å². The summed E-state index contributed by atoms with van der Waals surface area (Å²) in [5.41, 5.74) is 3.55. The van der Waals surface area contributed by atoms with Crippen molar-refractivity contribution < 1.29 is 9.13 Å². The molecule has 3 nitrogen and oxygen atoms in total. The van der Waals surface area contributed by atoms with Crippen LogP contribution in [0, 0.1) is 19.7 Å². The van der Waals surface area contributed by atoms with Gasteiger partial charge < -0.3 is 10.1 Å².